The van der Waals surface area contributed by atoms with Crippen LogP contribution in [0.3, 0.4) is 0 Å². The van der Waals surface area contributed by atoms with E-state index in [9.17, 15) is 10.1 Å². The first-order chi connectivity index (χ1) is 8.61. The van der Waals surface area contributed by atoms with Crippen molar-refractivity contribution in [3.8, 4) is 0 Å². The number of nitro groups is 1. The van der Waals surface area contributed by atoms with Crippen LogP contribution in [0, 0.1) is 16.0 Å². The maximum absolute atomic E-state index is 10.7. The fourth-order valence-electron chi connectivity index (χ4n) is 2.24. The van der Waals surface area contributed by atoms with Crippen molar-refractivity contribution in [2.24, 2.45) is 5.92 Å². The molecule has 1 aromatic carbocycles. The predicted octanol–water partition coefficient (Wildman–Crippen LogP) is 3.53. The molecule has 2 unspecified atom stereocenters. The van der Waals surface area contributed by atoms with Gasteiger partial charge in [-0.3, -0.25) is 10.1 Å². The molecule has 0 spiro atoms. The van der Waals surface area contributed by atoms with Crippen molar-refractivity contribution in [2.45, 2.75) is 38.8 Å². The Hall–Kier alpha value is -1.13. The summed E-state index contributed by atoms with van der Waals surface area (Å²) in [5, 5.41) is 14.7. The molecule has 0 amide bonds. The maximum atomic E-state index is 10.7. The molecule has 1 aliphatic carbocycles. The van der Waals surface area contributed by atoms with E-state index in [-0.39, 0.29) is 5.69 Å². The average molecular weight is 269 g/mol. The van der Waals surface area contributed by atoms with Gasteiger partial charge in [-0.05, 0) is 30.4 Å². The van der Waals surface area contributed by atoms with Crippen LogP contribution in [0.1, 0.15) is 31.7 Å². The molecule has 5 heteroatoms. The van der Waals surface area contributed by atoms with Crippen molar-refractivity contribution in [3.05, 3.63) is 38.9 Å². The van der Waals surface area contributed by atoms with E-state index in [0.29, 0.717) is 17.6 Å². The van der Waals surface area contributed by atoms with Crippen molar-refractivity contribution in [3.63, 3.8) is 0 Å². The molecule has 0 aromatic heterocycles. The molecule has 2 atom stereocenters. The quantitative estimate of drug-likeness (QED) is 0.634. The minimum absolute atomic E-state index is 0.0945. The topological polar surface area (TPSA) is 55.2 Å². The molecule has 0 heterocycles. The Labute approximate surface area is 111 Å². The van der Waals surface area contributed by atoms with Crippen LogP contribution in [0.2, 0.25) is 5.02 Å². The normalized spacial score (nSPS) is 21.9. The molecule has 2 rings (SSSR count). The molecule has 0 saturated heterocycles. The summed E-state index contributed by atoms with van der Waals surface area (Å²) in [7, 11) is 0. The van der Waals surface area contributed by atoms with Crippen LogP contribution in [0.4, 0.5) is 5.69 Å². The molecule has 0 aliphatic heterocycles. The Kier molecular flexibility index (Phi) is 4.19. The van der Waals surface area contributed by atoms with Gasteiger partial charge in [0.2, 0.25) is 0 Å². The molecule has 18 heavy (non-hydrogen) atoms. The fourth-order valence-corrected chi connectivity index (χ4v) is 2.42. The molecule has 1 N–H and O–H groups in total. The molecule has 1 aliphatic rings. The number of non-ortho nitro benzene ring substituents is 1. The number of nitrogens with zero attached hydrogens (tertiary/aromatic N) is 1. The van der Waals surface area contributed by atoms with E-state index < -0.39 is 4.92 Å². The van der Waals surface area contributed by atoms with E-state index in [4.69, 9.17) is 11.6 Å². The number of nitrogens with one attached hydrogen (secondary N) is 1. The van der Waals surface area contributed by atoms with Crippen molar-refractivity contribution in [1.82, 2.24) is 5.32 Å². The largest absolute Gasteiger partial charge is 0.310 e. The van der Waals surface area contributed by atoms with Crippen LogP contribution in [0.25, 0.3) is 0 Å². The summed E-state index contributed by atoms with van der Waals surface area (Å²) < 4.78 is 0. The highest BCUT2D eigenvalue weighted by atomic mass is 35.5. The second-order valence-electron chi connectivity index (χ2n) is 4.80. The Morgan fingerprint density at radius 3 is 3.00 bits per heavy atom. The zero-order valence-corrected chi connectivity index (χ0v) is 11.1. The number of halogens is 1. The summed E-state index contributed by atoms with van der Waals surface area (Å²) in [6, 6.07) is 5.13. The lowest BCUT2D eigenvalue weighted by Gasteiger charge is -2.06. The summed E-state index contributed by atoms with van der Waals surface area (Å²) in [5.74, 6) is 0.771. The maximum Gasteiger partial charge on any atom is 0.269 e. The number of rotatable bonds is 6. The number of hydrogen-bond donors (Lipinski definition) is 1. The lowest BCUT2D eigenvalue weighted by atomic mass is 10.2. The van der Waals surface area contributed by atoms with Crippen LogP contribution in [-0.4, -0.2) is 11.0 Å². The summed E-state index contributed by atoms with van der Waals surface area (Å²) in [6.07, 6.45) is 3.67. The monoisotopic (exact) mass is 268 g/mol. The highest BCUT2D eigenvalue weighted by Crippen LogP contribution is 2.35. The minimum atomic E-state index is -0.392. The fraction of sp³-hybridized carbons (Fsp3) is 0.538. The van der Waals surface area contributed by atoms with Crippen molar-refractivity contribution in [1.29, 1.82) is 0 Å². The summed E-state index contributed by atoms with van der Waals surface area (Å²) in [5.41, 5.74) is 0.894. The van der Waals surface area contributed by atoms with Gasteiger partial charge in [0, 0.05) is 29.7 Å². The minimum Gasteiger partial charge on any atom is -0.310 e. The highest BCUT2D eigenvalue weighted by molar-refractivity contribution is 6.31. The third-order valence-corrected chi connectivity index (χ3v) is 3.75. The molecule has 1 saturated carbocycles. The van der Waals surface area contributed by atoms with Gasteiger partial charge in [0.1, 0.15) is 0 Å². The van der Waals surface area contributed by atoms with Crippen LogP contribution in [-0.2, 0) is 6.54 Å². The van der Waals surface area contributed by atoms with Crippen LogP contribution in [0.5, 0.6) is 0 Å². The Balaban J connectivity index is 1.93. The van der Waals surface area contributed by atoms with Crippen molar-refractivity contribution >= 4 is 17.3 Å². The molecule has 0 bridgehead atoms. The first kappa shape index (κ1) is 13.3. The van der Waals surface area contributed by atoms with Crippen LogP contribution < -0.4 is 5.32 Å². The number of benzene rings is 1. The average Bonchev–Trinajstić information content (AvgIpc) is 3.07. The molecular weight excluding hydrogens is 252 g/mol. The zero-order chi connectivity index (χ0) is 13.1. The van der Waals surface area contributed by atoms with Gasteiger partial charge in [-0.15, -0.1) is 0 Å². The SMILES string of the molecule is CCCC1CC1NCc1cc([N+](=O)[O-])ccc1Cl. The van der Waals surface area contributed by atoms with Crippen LogP contribution >= 0.6 is 11.6 Å². The van der Waals surface area contributed by atoms with E-state index in [2.05, 4.69) is 12.2 Å². The molecular formula is C13H17ClN2O2. The lowest BCUT2D eigenvalue weighted by Crippen LogP contribution is -2.17. The summed E-state index contributed by atoms with van der Waals surface area (Å²) in [4.78, 5) is 10.3. The molecule has 1 fully saturated rings. The van der Waals surface area contributed by atoms with E-state index >= 15 is 0 Å². The highest BCUT2D eigenvalue weighted by Gasteiger charge is 2.35. The Morgan fingerprint density at radius 2 is 2.33 bits per heavy atom. The van der Waals surface area contributed by atoms with Gasteiger partial charge in [0.05, 0.1) is 4.92 Å². The van der Waals surface area contributed by atoms with E-state index in [0.717, 1.165) is 11.5 Å². The molecule has 4 nitrogen and oxygen atoms in total. The summed E-state index contributed by atoms with van der Waals surface area (Å²) in [6.45, 7) is 2.79. The zero-order valence-electron chi connectivity index (χ0n) is 10.4. The Bertz CT molecular complexity index is 451. The number of hydrogen-bond acceptors (Lipinski definition) is 3. The molecule has 0 radical (unpaired) electrons. The molecule has 98 valence electrons. The van der Waals surface area contributed by atoms with E-state index in [1.807, 2.05) is 0 Å². The first-order valence-corrected chi connectivity index (χ1v) is 6.65. The summed E-state index contributed by atoms with van der Waals surface area (Å²) >= 11 is 6.04. The van der Waals surface area contributed by atoms with Gasteiger partial charge in [-0.1, -0.05) is 24.9 Å². The Morgan fingerprint density at radius 1 is 1.56 bits per heavy atom. The van der Waals surface area contributed by atoms with Gasteiger partial charge in [-0.25, -0.2) is 0 Å². The first-order valence-electron chi connectivity index (χ1n) is 6.28. The van der Waals surface area contributed by atoms with Gasteiger partial charge >= 0.3 is 0 Å². The van der Waals surface area contributed by atoms with Crippen molar-refractivity contribution in [2.75, 3.05) is 0 Å². The lowest BCUT2D eigenvalue weighted by molar-refractivity contribution is -0.384. The second-order valence-corrected chi connectivity index (χ2v) is 5.21. The second kappa shape index (κ2) is 5.67. The van der Waals surface area contributed by atoms with Gasteiger partial charge in [0.15, 0.2) is 0 Å². The standard InChI is InChI=1S/C13H17ClN2O2/c1-2-3-9-7-13(9)15-8-10-6-11(16(17)18)4-5-12(10)14/h4-6,9,13,15H,2-3,7-8H2,1H3. The van der Waals surface area contributed by atoms with E-state index in [1.165, 1.54) is 25.3 Å². The van der Waals surface area contributed by atoms with Gasteiger partial charge in [0.25, 0.3) is 5.69 Å². The van der Waals surface area contributed by atoms with Gasteiger partial charge < -0.3 is 5.32 Å². The van der Waals surface area contributed by atoms with Crippen molar-refractivity contribution < 1.29 is 4.92 Å². The number of nitro benzene ring substituents is 1. The molecule has 1 aromatic rings. The van der Waals surface area contributed by atoms with Crippen LogP contribution in [0.15, 0.2) is 18.2 Å². The van der Waals surface area contributed by atoms with E-state index in [1.54, 1.807) is 12.1 Å². The smallest absolute Gasteiger partial charge is 0.269 e. The third-order valence-electron chi connectivity index (χ3n) is 3.38. The van der Waals surface area contributed by atoms with Gasteiger partial charge in [-0.2, -0.15) is 0 Å². The third kappa shape index (κ3) is 3.21. The predicted molar refractivity (Wildman–Crippen MR) is 71.7 cm³/mol.